The smallest absolute Gasteiger partial charge is 0.0768 e. The second kappa shape index (κ2) is 4.89. The van der Waals surface area contributed by atoms with E-state index in [9.17, 15) is 5.11 Å². The highest BCUT2D eigenvalue weighted by molar-refractivity contribution is 4.91. The fourth-order valence-corrected chi connectivity index (χ4v) is 3.45. The lowest BCUT2D eigenvalue weighted by atomic mass is 9.76. The van der Waals surface area contributed by atoms with Crippen molar-refractivity contribution >= 4 is 0 Å². The van der Waals surface area contributed by atoms with Gasteiger partial charge in [0.2, 0.25) is 0 Å². The summed E-state index contributed by atoms with van der Waals surface area (Å²) < 4.78 is 0. The van der Waals surface area contributed by atoms with Crippen molar-refractivity contribution in [2.75, 3.05) is 19.6 Å². The van der Waals surface area contributed by atoms with E-state index in [1.807, 2.05) is 6.92 Å². The monoisotopic (exact) mass is 239 g/mol. The average molecular weight is 239 g/mol. The predicted molar refractivity (Wildman–Crippen MR) is 72.0 cm³/mol. The van der Waals surface area contributed by atoms with Gasteiger partial charge in [0, 0.05) is 6.54 Å². The van der Waals surface area contributed by atoms with E-state index in [2.05, 4.69) is 18.7 Å². The van der Waals surface area contributed by atoms with Crippen molar-refractivity contribution in [2.45, 2.75) is 64.9 Å². The summed E-state index contributed by atoms with van der Waals surface area (Å²) in [6.45, 7) is 9.45. The molecule has 2 nitrogen and oxygen atoms in total. The Labute approximate surface area is 106 Å². The standard InChI is InChI=1S/C15H29NO/c1-13(2)14(3,17)12-16-10-8-15(9-11-16)6-4-5-7-15/h13,17H,4-12H2,1-3H3. The molecule has 1 N–H and O–H groups in total. The van der Waals surface area contributed by atoms with Crippen LogP contribution in [0.15, 0.2) is 0 Å². The van der Waals surface area contributed by atoms with Gasteiger partial charge in [-0.3, -0.25) is 0 Å². The van der Waals surface area contributed by atoms with Gasteiger partial charge in [0.05, 0.1) is 5.60 Å². The molecule has 100 valence electrons. The Hall–Kier alpha value is -0.0800. The maximum Gasteiger partial charge on any atom is 0.0768 e. The summed E-state index contributed by atoms with van der Waals surface area (Å²) in [7, 11) is 0. The Kier molecular flexibility index (Phi) is 3.84. The van der Waals surface area contributed by atoms with Gasteiger partial charge in [-0.2, -0.15) is 0 Å². The predicted octanol–water partition coefficient (Wildman–Crippen LogP) is 3.05. The molecule has 2 fully saturated rings. The summed E-state index contributed by atoms with van der Waals surface area (Å²) in [6, 6.07) is 0. The van der Waals surface area contributed by atoms with Gasteiger partial charge in [0.25, 0.3) is 0 Å². The van der Waals surface area contributed by atoms with Crippen LogP contribution >= 0.6 is 0 Å². The Balaban J connectivity index is 1.83. The zero-order valence-corrected chi connectivity index (χ0v) is 11.8. The first-order chi connectivity index (χ1) is 7.94. The summed E-state index contributed by atoms with van der Waals surface area (Å²) in [5.41, 5.74) is 0.167. The van der Waals surface area contributed by atoms with E-state index in [0.29, 0.717) is 11.3 Å². The third-order valence-corrected chi connectivity index (χ3v) is 5.37. The van der Waals surface area contributed by atoms with E-state index < -0.39 is 5.60 Å². The van der Waals surface area contributed by atoms with Crippen LogP contribution in [0, 0.1) is 11.3 Å². The van der Waals surface area contributed by atoms with Gasteiger partial charge in [-0.15, -0.1) is 0 Å². The van der Waals surface area contributed by atoms with Crippen LogP contribution in [0.1, 0.15) is 59.3 Å². The van der Waals surface area contributed by atoms with Crippen molar-refractivity contribution in [3.63, 3.8) is 0 Å². The molecule has 1 saturated carbocycles. The van der Waals surface area contributed by atoms with Crippen LogP contribution in [0.2, 0.25) is 0 Å². The molecule has 1 unspecified atom stereocenters. The van der Waals surface area contributed by atoms with Gasteiger partial charge in [-0.05, 0) is 57.0 Å². The quantitative estimate of drug-likeness (QED) is 0.818. The van der Waals surface area contributed by atoms with Crippen LogP contribution in [0.25, 0.3) is 0 Å². The first-order valence-electron chi connectivity index (χ1n) is 7.38. The lowest BCUT2D eigenvalue weighted by Gasteiger charge is -2.42. The molecular formula is C15H29NO. The van der Waals surface area contributed by atoms with Gasteiger partial charge >= 0.3 is 0 Å². The Morgan fingerprint density at radius 1 is 1.12 bits per heavy atom. The molecule has 0 aromatic heterocycles. The molecule has 1 heterocycles. The third kappa shape index (κ3) is 3.03. The Bertz CT molecular complexity index is 244. The zero-order valence-electron chi connectivity index (χ0n) is 11.8. The molecule has 0 aromatic carbocycles. The molecule has 0 aromatic rings. The van der Waals surface area contributed by atoms with Crippen molar-refractivity contribution in [3.8, 4) is 0 Å². The Morgan fingerprint density at radius 2 is 1.65 bits per heavy atom. The Morgan fingerprint density at radius 3 is 2.12 bits per heavy atom. The van der Waals surface area contributed by atoms with Crippen LogP contribution < -0.4 is 0 Å². The zero-order chi connectivity index (χ0) is 12.5. The minimum absolute atomic E-state index is 0.338. The summed E-state index contributed by atoms with van der Waals surface area (Å²) in [5.74, 6) is 0.338. The van der Waals surface area contributed by atoms with Crippen molar-refractivity contribution in [3.05, 3.63) is 0 Å². The number of aliphatic hydroxyl groups is 1. The number of hydrogen-bond acceptors (Lipinski definition) is 2. The number of rotatable bonds is 3. The number of hydrogen-bond donors (Lipinski definition) is 1. The van der Waals surface area contributed by atoms with Gasteiger partial charge in [0.1, 0.15) is 0 Å². The molecule has 2 aliphatic rings. The average Bonchev–Trinajstić information content (AvgIpc) is 2.70. The largest absolute Gasteiger partial charge is 0.389 e. The van der Waals surface area contributed by atoms with Crippen LogP contribution in [-0.4, -0.2) is 35.2 Å². The fraction of sp³-hybridized carbons (Fsp3) is 1.00. The molecule has 1 aliphatic heterocycles. The molecule has 1 atom stereocenters. The van der Waals surface area contributed by atoms with E-state index in [0.717, 1.165) is 6.54 Å². The van der Waals surface area contributed by atoms with Crippen molar-refractivity contribution in [1.29, 1.82) is 0 Å². The second-order valence-electron chi connectivity index (χ2n) is 7.00. The molecule has 0 amide bonds. The van der Waals surface area contributed by atoms with Crippen LogP contribution in [-0.2, 0) is 0 Å². The van der Waals surface area contributed by atoms with E-state index in [-0.39, 0.29) is 0 Å². The first kappa shape index (κ1) is 13.4. The highest BCUT2D eigenvalue weighted by Gasteiger charge is 2.38. The summed E-state index contributed by atoms with van der Waals surface area (Å²) in [5, 5.41) is 10.4. The highest BCUT2D eigenvalue weighted by atomic mass is 16.3. The summed E-state index contributed by atoms with van der Waals surface area (Å²) in [4.78, 5) is 2.48. The van der Waals surface area contributed by atoms with Crippen LogP contribution in [0.4, 0.5) is 0 Å². The van der Waals surface area contributed by atoms with Crippen molar-refractivity contribution in [2.24, 2.45) is 11.3 Å². The molecule has 1 saturated heterocycles. The maximum absolute atomic E-state index is 10.4. The SMILES string of the molecule is CC(C)C(C)(O)CN1CCC2(CCCC2)CC1. The van der Waals surface area contributed by atoms with Crippen molar-refractivity contribution < 1.29 is 5.11 Å². The van der Waals surface area contributed by atoms with Gasteiger partial charge in [-0.25, -0.2) is 0 Å². The van der Waals surface area contributed by atoms with Gasteiger partial charge < -0.3 is 10.0 Å². The lowest BCUT2D eigenvalue weighted by molar-refractivity contribution is -0.0328. The van der Waals surface area contributed by atoms with E-state index in [1.165, 1.54) is 51.6 Å². The van der Waals surface area contributed by atoms with Crippen LogP contribution in [0.3, 0.4) is 0 Å². The number of nitrogens with zero attached hydrogens (tertiary/aromatic N) is 1. The highest BCUT2D eigenvalue weighted by Crippen LogP contribution is 2.46. The molecule has 0 bridgehead atoms. The third-order valence-electron chi connectivity index (χ3n) is 5.37. The van der Waals surface area contributed by atoms with E-state index in [4.69, 9.17) is 0 Å². The van der Waals surface area contributed by atoms with Crippen molar-refractivity contribution in [1.82, 2.24) is 4.90 Å². The minimum Gasteiger partial charge on any atom is -0.389 e. The van der Waals surface area contributed by atoms with Gasteiger partial charge in [-0.1, -0.05) is 26.7 Å². The molecule has 17 heavy (non-hydrogen) atoms. The maximum atomic E-state index is 10.4. The number of piperidine rings is 1. The normalized spacial score (nSPS) is 28.8. The second-order valence-corrected chi connectivity index (χ2v) is 7.00. The summed E-state index contributed by atoms with van der Waals surface area (Å²) >= 11 is 0. The lowest BCUT2D eigenvalue weighted by Crippen LogP contribution is -2.48. The molecule has 2 rings (SSSR count). The topological polar surface area (TPSA) is 23.5 Å². The number of likely N-dealkylation sites (tertiary alicyclic amines) is 1. The first-order valence-corrected chi connectivity index (χ1v) is 7.38. The molecular weight excluding hydrogens is 210 g/mol. The van der Waals surface area contributed by atoms with E-state index >= 15 is 0 Å². The molecule has 0 radical (unpaired) electrons. The number of β-amino-alcohol motifs (C(OH)–C–C–N with tert-alkyl or cyclic N) is 1. The van der Waals surface area contributed by atoms with Crippen LogP contribution in [0.5, 0.6) is 0 Å². The summed E-state index contributed by atoms with van der Waals surface area (Å²) in [6.07, 6.45) is 8.54. The minimum atomic E-state index is -0.528. The fourth-order valence-electron chi connectivity index (χ4n) is 3.45. The van der Waals surface area contributed by atoms with Gasteiger partial charge in [0.15, 0.2) is 0 Å². The molecule has 1 aliphatic carbocycles. The molecule has 2 heteroatoms. The molecule has 1 spiro atoms. The van der Waals surface area contributed by atoms with E-state index in [1.54, 1.807) is 0 Å².